The van der Waals surface area contributed by atoms with Crippen molar-refractivity contribution in [2.24, 2.45) is 11.5 Å². The van der Waals surface area contributed by atoms with Crippen LogP contribution in [0.5, 0.6) is 5.75 Å². The molecule has 5 atom stereocenters. The van der Waals surface area contributed by atoms with E-state index in [0.29, 0.717) is 29.7 Å². The average Bonchev–Trinajstić information content (AvgIpc) is 3.68. The van der Waals surface area contributed by atoms with Crippen molar-refractivity contribution in [3.63, 3.8) is 0 Å². The second-order valence-corrected chi connectivity index (χ2v) is 12.4. The first-order chi connectivity index (χ1) is 20.8. The SMILES string of the molecule is COc1ccc(CN2C(=O)C3=C(C2=O)C2c4ccccc4N4C5CC(n6c(c3c3ccccc36)C24)[C@](N)(C(N)=O)C5)cc1. The van der Waals surface area contributed by atoms with E-state index in [1.807, 2.05) is 60.7 Å². The first-order valence-electron chi connectivity index (χ1n) is 14.7. The number of ether oxygens (including phenoxy) is 1. The molecule has 0 saturated heterocycles. The Labute approximate surface area is 247 Å². The number of hydrogen-bond donors (Lipinski definition) is 2. The van der Waals surface area contributed by atoms with Crippen LogP contribution in [0.4, 0.5) is 5.69 Å². The highest BCUT2D eigenvalue weighted by Crippen LogP contribution is 2.65. The Bertz CT molecular complexity index is 1980. The van der Waals surface area contributed by atoms with E-state index in [1.165, 1.54) is 4.90 Å². The van der Waals surface area contributed by atoms with Gasteiger partial charge in [0.2, 0.25) is 5.91 Å². The minimum absolute atomic E-state index is 0.0603. The zero-order valence-corrected chi connectivity index (χ0v) is 23.5. The number of anilines is 1. The van der Waals surface area contributed by atoms with Crippen LogP contribution in [0.3, 0.4) is 0 Å². The summed E-state index contributed by atoms with van der Waals surface area (Å²) in [6, 6.07) is 22.8. The highest BCUT2D eigenvalue weighted by molar-refractivity contribution is 6.38. The van der Waals surface area contributed by atoms with E-state index in [2.05, 4.69) is 21.6 Å². The lowest BCUT2D eigenvalue weighted by molar-refractivity contribution is -0.137. The van der Waals surface area contributed by atoms with Crippen molar-refractivity contribution < 1.29 is 19.1 Å². The Morgan fingerprint density at radius 1 is 1.00 bits per heavy atom. The van der Waals surface area contributed by atoms with E-state index in [9.17, 15) is 14.4 Å². The maximum Gasteiger partial charge on any atom is 0.262 e. The number of methoxy groups -OCH3 is 1. The van der Waals surface area contributed by atoms with E-state index in [-0.39, 0.29) is 42.4 Å². The molecule has 3 aliphatic heterocycles. The van der Waals surface area contributed by atoms with E-state index in [1.54, 1.807) is 7.11 Å². The van der Waals surface area contributed by atoms with Gasteiger partial charge >= 0.3 is 0 Å². The summed E-state index contributed by atoms with van der Waals surface area (Å²) in [7, 11) is 1.60. The maximum absolute atomic E-state index is 14.5. The smallest absolute Gasteiger partial charge is 0.262 e. The Balaban J connectivity index is 1.32. The molecule has 4 N–H and O–H groups in total. The van der Waals surface area contributed by atoms with Crippen LogP contribution in [-0.4, -0.2) is 45.9 Å². The Hall–Kier alpha value is -4.89. The van der Waals surface area contributed by atoms with Gasteiger partial charge in [-0.15, -0.1) is 0 Å². The molecule has 9 nitrogen and oxygen atoms in total. The van der Waals surface area contributed by atoms with Crippen molar-refractivity contribution in [2.45, 2.75) is 49.0 Å². The monoisotopic (exact) mass is 571 g/mol. The topological polar surface area (TPSA) is 124 Å². The molecule has 1 fully saturated rings. The molecule has 0 spiro atoms. The fourth-order valence-electron chi connectivity index (χ4n) is 8.74. The van der Waals surface area contributed by atoms with Gasteiger partial charge in [0.05, 0.1) is 37.0 Å². The lowest BCUT2D eigenvalue weighted by Gasteiger charge is -2.40. The number of primary amides is 1. The predicted molar refractivity (Wildman–Crippen MR) is 160 cm³/mol. The van der Waals surface area contributed by atoms with Crippen molar-refractivity contribution in [3.05, 3.63) is 101 Å². The molecule has 4 heterocycles. The number of nitrogens with zero attached hydrogens (tertiary/aromatic N) is 3. The number of nitrogens with two attached hydrogens (primary N) is 2. The van der Waals surface area contributed by atoms with E-state index in [4.69, 9.17) is 16.2 Å². The van der Waals surface area contributed by atoms with Gasteiger partial charge in [0.15, 0.2) is 0 Å². The van der Waals surface area contributed by atoms with E-state index in [0.717, 1.165) is 39.0 Å². The predicted octanol–water partition coefficient (Wildman–Crippen LogP) is 3.53. The number of hydrogen-bond acceptors (Lipinski definition) is 6. The molecule has 9 heteroatoms. The normalized spacial score (nSPS) is 27.9. The summed E-state index contributed by atoms with van der Waals surface area (Å²) in [5, 5.41) is 0.879. The third-order valence-corrected chi connectivity index (χ3v) is 10.5. The molecular weight excluding hydrogens is 542 g/mol. The maximum atomic E-state index is 14.5. The van der Waals surface area contributed by atoms with Gasteiger partial charge in [-0.1, -0.05) is 48.5 Å². The molecule has 2 aliphatic carbocycles. The fourth-order valence-corrected chi connectivity index (χ4v) is 8.74. The number of carbonyl (C=O) groups is 3. The average molecular weight is 572 g/mol. The first kappa shape index (κ1) is 24.7. The van der Waals surface area contributed by atoms with Crippen LogP contribution in [0.25, 0.3) is 16.5 Å². The Morgan fingerprint density at radius 2 is 1.74 bits per heavy atom. The van der Waals surface area contributed by atoms with E-state index < -0.39 is 11.4 Å². The molecule has 214 valence electrons. The van der Waals surface area contributed by atoms with Gasteiger partial charge in [-0.05, 0) is 48.2 Å². The molecule has 4 unspecified atom stereocenters. The molecule has 4 aromatic rings. The third kappa shape index (κ3) is 2.88. The second kappa shape index (κ2) is 8.14. The van der Waals surface area contributed by atoms with Crippen LogP contribution in [0.1, 0.15) is 53.2 Å². The molecule has 2 bridgehead atoms. The van der Waals surface area contributed by atoms with Crippen molar-refractivity contribution in [3.8, 4) is 5.75 Å². The Kier molecular flexibility index (Phi) is 4.67. The van der Waals surface area contributed by atoms with Gasteiger partial charge in [-0.3, -0.25) is 19.3 Å². The van der Waals surface area contributed by atoms with Crippen LogP contribution in [0.2, 0.25) is 0 Å². The van der Waals surface area contributed by atoms with Gasteiger partial charge in [0.25, 0.3) is 11.8 Å². The number of aromatic nitrogens is 1. The number of carbonyl (C=O) groups excluding carboxylic acids is 3. The van der Waals surface area contributed by atoms with Crippen LogP contribution in [-0.2, 0) is 20.9 Å². The summed E-state index contributed by atoms with van der Waals surface area (Å²) in [5.41, 5.74) is 18.2. The standard InChI is InChI=1S/C34H29N5O4/c1-43-19-12-10-17(11-13-19)16-37-31(40)27-25-20-6-2-4-8-22(20)38-18-14-24(34(36,15-18)33(35)42)39-23-9-5-3-7-21(23)26(28(27)32(37)41)30(39)29(25)38/h2-13,18,24-25,29H,14-16,36H2,1H3,(H2,35,42)/t18?,24?,25?,29?,34-/m0/s1. The van der Waals surface area contributed by atoms with Crippen LogP contribution in [0, 0.1) is 0 Å². The molecule has 1 aromatic heterocycles. The van der Waals surface area contributed by atoms with Crippen LogP contribution in [0.15, 0.2) is 78.4 Å². The molecule has 3 aromatic carbocycles. The number of para-hydroxylation sites is 2. The molecule has 43 heavy (non-hydrogen) atoms. The first-order valence-corrected chi connectivity index (χ1v) is 14.7. The zero-order chi connectivity index (χ0) is 29.4. The van der Waals surface area contributed by atoms with Crippen molar-refractivity contribution in [2.75, 3.05) is 12.0 Å². The summed E-state index contributed by atoms with van der Waals surface area (Å²) in [4.78, 5) is 45.7. The third-order valence-electron chi connectivity index (χ3n) is 10.5. The lowest BCUT2D eigenvalue weighted by atomic mass is 9.76. The molecule has 3 amide bonds. The number of fused-ring (bicyclic) bond motifs is 12. The molecule has 5 aliphatic rings. The van der Waals surface area contributed by atoms with Gasteiger partial charge in [-0.2, -0.15) is 0 Å². The number of benzene rings is 3. The summed E-state index contributed by atoms with van der Waals surface area (Å²) < 4.78 is 7.50. The number of amides is 3. The lowest BCUT2D eigenvalue weighted by Crippen LogP contribution is -2.57. The van der Waals surface area contributed by atoms with E-state index >= 15 is 0 Å². The van der Waals surface area contributed by atoms with Crippen molar-refractivity contribution in [1.82, 2.24) is 9.47 Å². The van der Waals surface area contributed by atoms with Crippen LogP contribution >= 0.6 is 0 Å². The number of rotatable bonds is 4. The zero-order valence-electron chi connectivity index (χ0n) is 23.5. The second-order valence-electron chi connectivity index (χ2n) is 12.4. The summed E-state index contributed by atoms with van der Waals surface area (Å²) in [6.45, 7) is 0.157. The largest absolute Gasteiger partial charge is 0.497 e. The van der Waals surface area contributed by atoms with Crippen molar-refractivity contribution >= 4 is 39.9 Å². The fraction of sp³-hybridized carbons (Fsp3) is 0.265. The molecular formula is C34H29N5O4. The highest BCUT2D eigenvalue weighted by atomic mass is 16.5. The van der Waals surface area contributed by atoms with Gasteiger partial charge in [-0.25, -0.2) is 0 Å². The minimum atomic E-state index is -1.26. The van der Waals surface area contributed by atoms with Gasteiger partial charge in [0, 0.05) is 39.7 Å². The quantitative estimate of drug-likeness (QED) is 0.361. The molecule has 9 rings (SSSR count). The summed E-state index contributed by atoms with van der Waals surface area (Å²) in [5.74, 6) is -0.701. The van der Waals surface area contributed by atoms with Crippen molar-refractivity contribution in [1.29, 1.82) is 0 Å². The van der Waals surface area contributed by atoms with Gasteiger partial charge < -0.3 is 25.7 Å². The van der Waals surface area contributed by atoms with Crippen LogP contribution < -0.4 is 21.1 Å². The molecule has 1 saturated carbocycles. The Morgan fingerprint density at radius 3 is 2.51 bits per heavy atom. The highest BCUT2D eigenvalue weighted by Gasteiger charge is 2.63. The summed E-state index contributed by atoms with van der Waals surface area (Å²) in [6.07, 6.45) is 1.05. The minimum Gasteiger partial charge on any atom is -0.497 e. The number of imide groups is 1. The summed E-state index contributed by atoms with van der Waals surface area (Å²) >= 11 is 0. The molecule has 0 radical (unpaired) electrons. The van der Waals surface area contributed by atoms with Gasteiger partial charge in [0.1, 0.15) is 11.3 Å².